The fourth-order valence-corrected chi connectivity index (χ4v) is 7.93. The molecule has 24 heavy (non-hydrogen) atoms. The fraction of sp³-hybridized carbons (Fsp3) is 0.864. The van der Waals surface area contributed by atoms with Gasteiger partial charge in [-0.1, -0.05) is 40.2 Å². The van der Waals surface area contributed by atoms with Crippen molar-refractivity contribution in [2.75, 3.05) is 0 Å². The van der Waals surface area contributed by atoms with Crippen molar-refractivity contribution < 1.29 is 9.90 Å². The van der Waals surface area contributed by atoms with E-state index in [0.29, 0.717) is 23.0 Å². The van der Waals surface area contributed by atoms with E-state index in [1.165, 1.54) is 24.8 Å². The Labute approximate surface area is 147 Å². The first-order chi connectivity index (χ1) is 11.1. The van der Waals surface area contributed by atoms with Crippen LogP contribution in [0.3, 0.4) is 0 Å². The van der Waals surface area contributed by atoms with Gasteiger partial charge in [-0.3, -0.25) is 4.79 Å². The number of aliphatic hydroxyl groups excluding tert-OH is 1. The van der Waals surface area contributed by atoms with Gasteiger partial charge in [-0.25, -0.2) is 0 Å². The lowest BCUT2D eigenvalue weighted by atomic mass is 9.36. The summed E-state index contributed by atoms with van der Waals surface area (Å²) in [5.41, 5.74) is 2.05. The van der Waals surface area contributed by atoms with Crippen LogP contribution in [0.1, 0.15) is 79.6 Å². The molecule has 2 nitrogen and oxygen atoms in total. The van der Waals surface area contributed by atoms with E-state index < -0.39 is 0 Å². The van der Waals surface area contributed by atoms with Gasteiger partial charge in [0.15, 0.2) is 5.78 Å². The van der Waals surface area contributed by atoms with E-state index in [4.69, 9.17) is 0 Å². The summed E-state index contributed by atoms with van der Waals surface area (Å²) in [6.45, 7) is 12.0. The van der Waals surface area contributed by atoms with Gasteiger partial charge in [-0.05, 0) is 72.7 Å². The van der Waals surface area contributed by atoms with Crippen LogP contribution in [-0.4, -0.2) is 17.0 Å². The predicted molar refractivity (Wildman–Crippen MR) is 96.5 cm³/mol. The third kappa shape index (κ3) is 1.79. The smallest absolute Gasteiger partial charge is 0.156 e. The molecule has 2 unspecified atom stereocenters. The lowest BCUT2D eigenvalue weighted by Crippen LogP contribution is -2.62. The monoisotopic (exact) mass is 330 g/mol. The van der Waals surface area contributed by atoms with Crippen molar-refractivity contribution in [1.82, 2.24) is 0 Å². The zero-order valence-corrected chi connectivity index (χ0v) is 16.1. The Morgan fingerprint density at radius 1 is 1.00 bits per heavy atom. The second-order valence-corrected chi connectivity index (χ2v) is 10.6. The third-order valence-corrected chi connectivity index (χ3v) is 9.56. The second-order valence-electron chi connectivity index (χ2n) is 10.6. The van der Waals surface area contributed by atoms with Crippen LogP contribution < -0.4 is 0 Å². The van der Waals surface area contributed by atoms with E-state index >= 15 is 0 Å². The molecule has 4 aliphatic carbocycles. The Bertz CT molecular complexity index is 617. The Morgan fingerprint density at radius 2 is 1.71 bits per heavy atom. The minimum Gasteiger partial charge on any atom is -0.393 e. The first-order valence-corrected chi connectivity index (χ1v) is 9.98. The Balaban J connectivity index is 1.78. The molecule has 0 aromatic rings. The number of allylic oxidation sites excluding steroid dienone is 2. The summed E-state index contributed by atoms with van der Waals surface area (Å²) >= 11 is 0. The summed E-state index contributed by atoms with van der Waals surface area (Å²) in [5.74, 6) is 1.61. The topological polar surface area (TPSA) is 37.3 Å². The molecule has 6 atom stereocenters. The van der Waals surface area contributed by atoms with Gasteiger partial charge in [0.05, 0.1) is 6.10 Å². The third-order valence-electron chi connectivity index (χ3n) is 9.56. The summed E-state index contributed by atoms with van der Waals surface area (Å²) in [4.78, 5) is 12.2. The van der Waals surface area contributed by atoms with E-state index in [9.17, 15) is 9.90 Å². The lowest BCUT2D eigenvalue weighted by molar-refractivity contribution is -0.200. The van der Waals surface area contributed by atoms with Gasteiger partial charge in [-0.2, -0.15) is 0 Å². The van der Waals surface area contributed by atoms with Gasteiger partial charge < -0.3 is 5.11 Å². The Hall–Kier alpha value is -0.630. The molecule has 1 N–H and O–H groups in total. The van der Waals surface area contributed by atoms with Crippen LogP contribution in [0.4, 0.5) is 0 Å². The largest absolute Gasteiger partial charge is 0.393 e. The van der Waals surface area contributed by atoms with Crippen molar-refractivity contribution in [3.05, 3.63) is 11.6 Å². The van der Waals surface area contributed by atoms with Crippen LogP contribution >= 0.6 is 0 Å². The number of carbonyl (C=O) groups is 1. The molecule has 134 valence electrons. The molecule has 0 aliphatic heterocycles. The van der Waals surface area contributed by atoms with E-state index in [2.05, 4.69) is 34.6 Å². The minimum absolute atomic E-state index is 0.0108. The molecule has 2 heteroatoms. The average molecular weight is 331 g/mol. The maximum Gasteiger partial charge on any atom is 0.156 e. The molecule has 0 amide bonds. The average Bonchev–Trinajstić information content (AvgIpc) is 2.79. The number of aliphatic hydroxyl groups is 1. The standard InChI is InChI=1S/C22H34O2/c1-19(2)16-8-11-21(4)17(20(16,3)10-9-18(19)24)7-6-14-12-15(23)13-22(14,21)5/h12,16-18,24H,6-11,13H2,1-5H3/t16?,17?,18-,20-,21+,22+/m0/s1. The summed E-state index contributed by atoms with van der Waals surface area (Å²) < 4.78 is 0. The van der Waals surface area contributed by atoms with Crippen molar-refractivity contribution in [3.63, 3.8) is 0 Å². The number of rotatable bonds is 0. The van der Waals surface area contributed by atoms with Crippen molar-refractivity contribution in [2.24, 2.45) is 33.5 Å². The zero-order valence-electron chi connectivity index (χ0n) is 16.1. The van der Waals surface area contributed by atoms with Crippen molar-refractivity contribution in [2.45, 2.75) is 85.7 Å². The summed E-state index contributed by atoms with van der Waals surface area (Å²) in [6.07, 6.45) is 9.35. The molecule has 3 saturated carbocycles. The summed E-state index contributed by atoms with van der Waals surface area (Å²) in [6, 6.07) is 0. The predicted octanol–water partition coefficient (Wildman–Crippen LogP) is 4.91. The van der Waals surface area contributed by atoms with Gasteiger partial charge in [-0.15, -0.1) is 0 Å². The van der Waals surface area contributed by atoms with Crippen LogP contribution in [0, 0.1) is 33.5 Å². The molecule has 0 radical (unpaired) electrons. The van der Waals surface area contributed by atoms with Crippen molar-refractivity contribution in [1.29, 1.82) is 0 Å². The normalized spacial score (nSPS) is 53.0. The minimum atomic E-state index is -0.164. The van der Waals surface area contributed by atoms with E-state index in [1.54, 1.807) is 0 Å². The van der Waals surface area contributed by atoms with Crippen molar-refractivity contribution >= 4 is 5.78 Å². The maximum atomic E-state index is 12.2. The zero-order chi connectivity index (χ0) is 17.5. The molecule has 4 rings (SSSR count). The SMILES string of the molecule is CC1(C)C2CC[C@]3(C)C(CCC4=CC(=O)C[C@]43C)[C@@]2(C)CC[C@@H]1O. The van der Waals surface area contributed by atoms with Crippen LogP contribution in [0.25, 0.3) is 0 Å². The number of carbonyl (C=O) groups excluding carboxylic acids is 1. The quantitative estimate of drug-likeness (QED) is 0.685. The molecule has 3 fully saturated rings. The van der Waals surface area contributed by atoms with Gasteiger partial charge in [0.1, 0.15) is 0 Å². The Morgan fingerprint density at radius 3 is 2.42 bits per heavy atom. The summed E-state index contributed by atoms with van der Waals surface area (Å²) in [5, 5.41) is 10.6. The highest BCUT2D eigenvalue weighted by atomic mass is 16.3. The van der Waals surface area contributed by atoms with E-state index in [1.807, 2.05) is 6.08 Å². The highest BCUT2D eigenvalue weighted by Gasteiger charge is 2.66. The second kappa shape index (κ2) is 4.75. The van der Waals surface area contributed by atoms with Gasteiger partial charge in [0.25, 0.3) is 0 Å². The molecule has 0 spiro atoms. The highest BCUT2D eigenvalue weighted by Crippen LogP contribution is 2.73. The number of ketones is 1. The molecular formula is C22H34O2. The first kappa shape index (κ1) is 16.8. The maximum absolute atomic E-state index is 12.2. The molecular weight excluding hydrogens is 296 g/mol. The molecule has 0 aromatic heterocycles. The van der Waals surface area contributed by atoms with Gasteiger partial charge in [0.2, 0.25) is 0 Å². The Kier molecular flexibility index (Phi) is 3.33. The van der Waals surface area contributed by atoms with Gasteiger partial charge >= 0.3 is 0 Å². The molecule has 4 aliphatic rings. The van der Waals surface area contributed by atoms with Crippen LogP contribution in [-0.2, 0) is 4.79 Å². The lowest BCUT2D eigenvalue weighted by Gasteiger charge is -2.68. The summed E-state index contributed by atoms with van der Waals surface area (Å²) in [7, 11) is 0. The van der Waals surface area contributed by atoms with E-state index in [-0.39, 0.29) is 22.3 Å². The molecule has 0 saturated heterocycles. The molecule has 0 bridgehead atoms. The van der Waals surface area contributed by atoms with Gasteiger partial charge in [0, 0.05) is 11.8 Å². The number of hydrogen-bond acceptors (Lipinski definition) is 2. The van der Waals surface area contributed by atoms with Crippen molar-refractivity contribution in [3.8, 4) is 0 Å². The van der Waals surface area contributed by atoms with Crippen LogP contribution in [0.2, 0.25) is 0 Å². The van der Waals surface area contributed by atoms with Crippen LogP contribution in [0.15, 0.2) is 11.6 Å². The highest BCUT2D eigenvalue weighted by molar-refractivity contribution is 5.94. The number of fused-ring (bicyclic) bond motifs is 5. The van der Waals surface area contributed by atoms with E-state index in [0.717, 1.165) is 25.7 Å². The first-order valence-electron chi connectivity index (χ1n) is 9.98. The fourth-order valence-electron chi connectivity index (χ4n) is 7.93. The molecule has 0 aromatic carbocycles. The molecule has 0 heterocycles. The number of hydrogen-bond donors (Lipinski definition) is 1. The van der Waals surface area contributed by atoms with Crippen LogP contribution in [0.5, 0.6) is 0 Å².